The number of hydrogen-bond donors (Lipinski definition) is 4. The lowest BCUT2D eigenvalue weighted by atomic mass is 10.1. The average Bonchev–Trinajstić information content (AvgIpc) is 1.58. The van der Waals surface area contributed by atoms with Crippen molar-refractivity contribution in [2.24, 2.45) is 11.5 Å². The summed E-state index contributed by atoms with van der Waals surface area (Å²) in [5, 5.41) is 17.2. The molecular weight excluding hydrogens is 1630 g/mol. The van der Waals surface area contributed by atoms with E-state index in [1.807, 2.05) is 76.8 Å². The highest BCUT2D eigenvalue weighted by atomic mass is 79.9. The maximum absolute atomic E-state index is 12.7. The number of aromatic nitrogens is 8. The topological polar surface area (TPSA) is 233 Å². The van der Waals surface area contributed by atoms with E-state index in [2.05, 4.69) is 235 Å². The van der Waals surface area contributed by atoms with Gasteiger partial charge in [0.15, 0.2) is 0 Å². The van der Waals surface area contributed by atoms with Crippen LogP contribution in [-0.2, 0) is 40.4 Å². The monoisotopic (exact) mass is 1740 g/mol. The number of rotatable bonds is 14. The lowest BCUT2D eigenvalue weighted by Gasteiger charge is -2.32. The summed E-state index contributed by atoms with van der Waals surface area (Å²) in [6.45, 7) is 26.2. The molecule has 0 radical (unpaired) electrons. The standard InChI is InChI=1S/C26H30N6O.C25H28N4O2.C20H20N4.C18H14BrClN2.C8H17NO2.ClH/c1-29-15-17-31(18-16-29)26(33)27-11-14-30-12-6-13-32-22-10-5-3-8-20(22)23-25(32)24(30)19-7-2-4-9-21(19)28-23;1-25(2,3)31-24(30)26-13-16-28-14-8-15-29-20-12-7-5-10-18(20)21-23(29)22(28)17-9-4-6-11-19(17)27-21;21-10-13-23-11-5-12-24-17-9-4-2-7-15(17)18-20(24)19(23)14-6-1-3-8-16(14)22-18;19-10-5-11-22-15-9-4-2-7-13(15)17-18(22)16(20)12-6-1-3-8-14(12)21-17;1-8(2,3)11-7(10)5-4-6-9;/h2-5,7-10H,6,11-18H2,1H3,(H,27,33);4-7,9-12H,8,13-16H2,1-3H3,(H,26,30);1-4,6-9H,5,10-13,21H2;1-4,6-9H,5,10-11H2;4-6,9H2,1-3H3;1H. The highest BCUT2D eigenvalue weighted by Gasteiger charge is 2.30. The Morgan fingerprint density at radius 1 is 0.418 bits per heavy atom. The van der Waals surface area contributed by atoms with Crippen molar-refractivity contribution in [3.05, 3.63) is 199 Å². The number of anilines is 3. The second-order valence-electron chi connectivity index (χ2n) is 33.6. The summed E-state index contributed by atoms with van der Waals surface area (Å²) in [6.07, 6.45) is 5.02. The number of esters is 1. The van der Waals surface area contributed by atoms with E-state index in [4.69, 9.17) is 52.5 Å². The number of hydrogen-bond acceptors (Lipinski definition) is 15. The number of likely N-dealkylation sites (N-methyl/N-ethyl adjacent to an activating group) is 1. The SMILES string of the molecule is CC(C)(C)OC(=O)CCCN.CC(C)(C)OC(=O)NCCN1CCCn2c3ccccc3c3nc4ccccc4c1c32.CN1CCN(C(=O)NCCN2CCCn3c4ccccc4c4nc5ccccc5c2c43)CC1.Cl.Clc1c2ccccc2nc2c3ccccc3n(CCCBr)c12.NCCN1CCCn2c3ccccc3c3nc4ccccc4c1c32. The van der Waals surface area contributed by atoms with Crippen LogP contribution >= 0.6 is 39.9 Å². The summed E-state index contributed by atoms with van der Waals surface area (Å²) in [5.74, 6) is -0.164. The van der Waals surface area contributed by atoms with Crippen LogP contribution in [0.5, 0.6) is 0 Å². The van der Waals surface area contributed by atoms with Crippen LogP contribution in [0, 0.1) is 0 Å². The smallest absolute Gasteiger partial charge is 0.407 e. The molecule has 0 bridgehead atoms. The number of fused-ring (bicyclic) bond motifs is 19. The van der Waals surface area contributed by atoms with Gasteiger partial charge in [0.2, 0.25) is 0 Å². The molecule has 634 valence electrons. The first-order valence-electron chi connectivity index (χ1n) is 42.7. The van der Waals surface area contributed by atoms with E-state index in [1.54, 1.807) is 0 Å². The fraction of sp³-hybridized carbons (Fsp3) is 0.351. The normalized spacial score (nSPS) is 14.3. The average molecular weight is 1740 g/mol. The Morgan fingerprint density at radius 2 is 0.779 bits per heavy atom. The number of alkyl carbamates (subject to hydrolysis) is 1. The molecule has 25 heteroatoms. The number of nitrogens with one attached hydrogen (secondary N) is 2. The molecule has 1 fully saturated rings. The number of halogens is 3. The van der Waals surface area contributed by atoms with Crippen LogP contribution in [0.2, 0.25) is 5.02 Å². The number of piperazine rings is 1. The van der Waals surface area contributed by atoms with Crippen molar-refractivity contribution in [2.75, 3.05) is 119 Å². The Kier molecular flexibility index (Phi) is 26.6. The van der Waals surface area contributed by atoms with Gasteiger partial charge in [-0.2, -0.15) is 0 Å². The molecule has 3 amide bonds. The molecule has 0 aliphatic carbocycles. The number of carbonyl (C=O) groups is 3. The number of benzene rings is 8. The number of alkyl halides is 1. The molecule has 22 nitrogen and oxygen atoms in total. The Morgan fingerprint density at radius 3 is 1.19 bits per heavy atom. The fourth-order valence-electron chi connectivity index (χ4n) is 17.8. The number of carbonyl (C=O) groups excluding carboxylic acids is 3. The Balaban J connectivity index is 0.000000122. The largest absolute Gasteiger partial charge is 0.460 e. The maximum atomic E-state index is 12.7. The third-order valence-electron chi connectivity index (χ3n) is 23.0. The van der Waals surface area contributed by atoms with Gasteiger partial charge in [-0.15, -0.1) is 12.4 Å². The number of ether oxygens (including phenoxy) is 2. The van der Waals surface area contributed by atoms with Crippen LogP contribution in [0.4, 0.5) is 26.7 Å². The third-order valence-corrected chi connectivity index (χ3v) is 23.9. The summed E-state index contributed by atoms with van der Waals surface area (Å²) >= 11 is 10.3. The Hall–Kier alpha value is -11.1. The van der Waals surface area contributed by atoms with E-state index >= 15 is 0 Å². The molecule has 0 atom stereocenters. The van der Waals surface area contributed by atoms with Crippen molar-refractivity contribution in [3.8, 4) is 0 Å². The predicted molar refractivity (Wildman–Crippen MR) is 510 cm³/mol. The highest BCUT2D eigenvalue weighted by molar-refractivity contribution is 9.09. The van der Waals surface area contributed by atoms with Crippen LogP contribution < -0.4 is 36.8 Å². The molecule has 0 saturated carbocycles. The number of para-hydroxylation sites is 8. The lowest BCUT2D eigenvalue weighted by Crippen LogP contribution is -2.51. The number of aryl methyl sites for hydroxylation is 4. The van der Waals surface area contributed by atoms with Crippen LogP contribution in [0.3, 0.4) is 0 Å². The summed E-state index contributed by atoms with van der Waals surface area (Å²) in [6, 6.07) is 67.5. The molecule has 16 aromatic rings. The first-order chi connectivity index (χ1) is 58.8. The zero-order valence-electron chi connectivity index (χ0n) is 70.8. The fourth-order valence-corrected chi connectivity index (χ4v) is 18.4. The van der Waals surface area contributed by atoms with E-state index in [0.29, 0.717) is 45.6 Å². The van der Waals surface area contributed by atoms with Crippen molar-refractivity contribution in [1.82, 2.24) is 58.6 Å². The zero-order chi connectivity index (χ0) is 84.1. The number of pyridine rings is 4. The van der Waals surface area contributed by atoms with Gasteiger partial charge < -0.3 is 74.3 Å². The summed E-state index contributed by atoms with van der Waals surface area (Å²) < 4.78 is 20.1. The minimum Gasteiger partial charge on any atom is -0.460 e. The summed E-state index contributed by atoms with van der Waals surface area (Å²) in [7, 11) is 2.10. The molecule has 0 spiro atoms. The molecule has 8 aromatic heterocycles. The van der Waals surface area contributed by atoms with Crippen molar-refractivity contribution in [3.63, 3.8) is 0 Å². The molecule has 4 aliphatic rings. The van der Waals surface area contributed by atoms with Crippen LogP contribution in [0.15, 0.2) is 194 Å². The Bertz CT molecular complexity index is 6500. The minimum atomic E-state index is -0.499. The summed E-state index contributed by atoms with van der Waals surface area (Å²) in [5.41, 5.74) is 32.0. The number of urea groups is 1. The number of nitrogens with two attached hydrogens (primary N) is 2. The zero-order valence-corrected chi connectivity index (χ0v) is 74.0. The molecule has 4 aliphatic heterocycles. The van der Waals surface area contributed by atoms with E-state index in [1.165, 1.54) is 88.0 Å². The van der Waals surface area contributed by atoms with Gasteiger partial charge in [0.05, 0.1) is 110 Å². The van der Waals surface area contributed by atoms with E-state index < -0.39 is 5.60 Å². The van der Waals surface area contributed by atoms with Gasteiger partial charge >= 0.3 is 18.1 Å². The van der Waals surface area contributed by atoms with Crippen molar-refractivity contribution >= 4 is 206 Å². The third kappa shape index (κ3) is 18.0. The molecule has 122 heavy (non-hydrogen) atoms. The molecule has 6 N–H and O–H groups in total. The quantitative estimate of drug-likeness (QED) is 0.0585. The van der Waals surface area contributed by atoms with Crippen LogP contribution in [-0.4, -0.2) is 181 Å². The van der Waals surface area contributed by atoms with E-state index in [9.17, 15) is 14.4 Å². The molecule has 0 unspecified atom stereocenters. The molecule has 1 saturated heterocycles. The Labute approximate surface area is 730 Å². The van der Waals surface area contributed by atoms with Gasteiger partial charge in [-0.25, -0.2) is 29.5 Å². The summed E-state index contributed by atoms with van der Waals surface area (Å²) in [4.78, 5) is 67.3. The number of nitrogens with zero attached hydrogens (tertiary/aromatic N) is 13. The van der Waals surface area contributed by atoms with E-state index in [-0.39, 0.29) is 36.1 Å². The van der Waals surface area contributed by atoms with Crippen LogP contribution in [0.25, 0.3) is 131 Å². The first kappa shape index (κ1) is 85.9. The van der Waals surface area contributed by atoms with Crippen LogP contribution in [0.1, 0.15) is 80.1 Å². The van der Waals surface area contributed by atoms with Gasteiger partial charge in [-0.05, 0) is 136 Å². The van der Waals surface area contributed by atoms with Gasteiger partial charge in [0.1, 0.15) is 11.2 Å². The number of amides is 3. The molecule has 20 rings (SSSR count). The van der Waals surface area contributed by atoms with Gasteiger partial charge in [0, 0.05) is 166 Å². The van der Waals surface area contributed by atoms with Gasteiger partial charge in [-0.1, -0.05) is 173 Å². The van der Waals surface area contributed by atoms with Crippen molar-refractivity contribution < 1.29 is 23.9 Å². The van der Waals surface area contributed by atoms with Crippen molar-refractivity contribution in [1.29, 1.82) is 0 Å². The first-order valence-corrected chi connectivity index (χ1v) is 44.2. The second kappa shape index (κ2) is 37.7. The predicted octanol–water partition coefficient (Wildman–Crippen LogP) is 19.4. The minimum absolute atomic E-state index is 0. The van der Waals surface area contributed by atoms with Crippen molar-refractivity contribution in [2.45, 2.75) is 117 Å². The molecule has 12 heterocycles. The lowest BCUT2D eigenvalue weighted by molar-refractivity contribution is -0.154. The van der Waals surface area contributed by atoms with E-state index in [0.717, 1.165) is 182 Å². The van der Waals surface area contributed by atoms with Gasteiger partial charge in [-0.3, -0.25) is 4.79 Å². The molecule has 8 aromatic carbocycles. The van der Waals surface area contributed by atoms with Gasteiger partial charge in [0.25, 0.3) is 0 Å². The second-order valence-corrected chi connectivity index (χ2v) is 34.8. The highest BCUT2D eigenvalue weighted by Crippen LogP contribution is 2.45. The molecular formula is C97H110BrCl2N17O5. The maximum Gasteiger partial charge on any atom is 0.407 e.